The second-order valence-corrected chi connectivity index (χ2v) is 66.7. The van der Waals surface area contributed by atoms with Crippen molar-refractivity contribution in [1.29, 1.82) is 0 Å². The van der Waals surface area contributed by atoms with Crippen molar-refractivity contribution >= 4 is 78.2 Å². The number of hydrogen-bond acceptors (Lipinski definition) is 0. The summed E-state index contributed by atoms with van der Waals surface area (Å²) in [4.78, 5) is 0. The maximum atomic E-state index is 9.92. The average molecular weight is 1150 g/mol. The fraction of sp³-hybridized carbons (Fsp3) is 0.243. The van der Waals surface area contributed by atoms with E-state index in [1.165, 1.54) is 185 Å². The second kappa shape index (κ2) is 20.5. The molecular formula is C74H69Cl2SiZr. The van der Waals surface area contributed by atoms with Crippen molar-refractivity contribution < 1.29 is 15.6 Å². The summed E-state index contributed by atoms with van der Waals surface area (Å²) in [6.45, 7) is 5.19. The van der Waals surface area contributed by atoms with Crippen LogP contribution < -0.4 is 0 Å². The third-order valence-electron chi connectivity index (χ3n) is 19.6. The molecule has 78 heavy (non-hydrogen) atoms. The van der Waals surface area contributed by atoms with Crippen LogP contribution >= 0.6 is 17.0 Å². The molecule has 2 unspecified atom stereocenters. The second-order valence-electron chi connectivity index (χ2n) is 24.2. The summed E-state index contributed by atoms with van der Waals surface area (Å²) in [6, 6.07) is 73.6. The summed E-state index contributed by atoms with van der Waals surface area (Å²) in [7, 11) is 19.8. The maximum absolute atomic E-state index is 9.92. The van der Waals surface area contributed by atoms with E-state index in [1.54, 1.807) is 0 Å². The summed E-state index contributed by atoms with van der Waals surface area (Å²) < 4.78 is -0.177. The molecule has 0 amide bonds. The Morgan fingerprint density at radius 3 is 0.974 bits per heavy atom. The van der Waals surface area contributed by atoms with E-state index in [-0.39, 0.29) is 7.25 Å². The van der Waals surface area contributed by atoms with Crippen molar-refractivity contribution in [3.8, 4) is 44.5 Å². The van der Waals surface area contributed by atoms with Gasteiger partial charge in [-0.25, -0.2) is 0 Å². The summed E-state index contributed by atoms with van der Waals surface area (Å²) in [5.74, 6) is -0.859. The van der Waals surface area contributed by atoms with Crippen LogP contribution in [0.15, 0.2) is 205 Å². The molecule has 0 heterocycles. The van der Waals surface area contributed by atoms with Gasteiger partial charge in [-0.05, 0) is 0 Å². The Morgan fingerprint density at radius 1 is 0.346 bits per heavy atom. The molecule has 0 saturated heterocycles. The van der Waals surface area contributed by atoms with Crippen molar-refractivity contribution in [3.63, 3.8) is 0 Å². The molecule has 0 aliphatic heterocycles. The fourth-order valence-corrected chi connectivity index (χ4v) is 46.9. The van der Waals surface area contributed by atoms with E-state index >= 15 is 0 Å². The standard InChI is InChI=1S/2C36H31.C2H7Si.2ClH.Zr/c2*1-2-10-25(11-3-1)22-26-23-35-33(31-18-8-14-27-12-4-6-16-29(27)31)20-21-34(36(35)24-26)32-19-9-15-28-13-5-7-17-30(28)32;1-3-2;;;/h2*4-9,12-21,23-25H,1-3,10-11,22H2;3H,1-2H3;2*1H;/q;;;;;+2/p-2. The summed E-state index contributed by atoms with van der Waals surface area (Å²) in [5.41, 5.74) is 18.9. The van der Waals surface area contributed by atoms with E-state index in [0.29, 0.717) is 11.8 Å². The zero-order valence-electron chi connectivity index (χ0n) is 45.3. The third-order valence-corrected chi connectivity index (χ3v) is 71.3. The Bertz CT molecular complexity index is 3780. The predicted octanol–water partition coefficient (Wildman–Crippen LogP) is 22.5. The number of fused-ring (bicyclic) bond motifs is 6. The summed E-state index contributed by atoms with van der Waals surface area (Å²) in [5, 5.41) is 10.2. The van der Waals surface area contributed by atoms with Crippen LogP contribution in [0.25, 0.3) is 99.7 Å². The van der Waals surface area contributed by atoms with Gasteiger partial charge in [0.25, 0.3) is 0 Å². The van der Waals surface area contributed by atoms with Gasteiger partial charge in [-0.2, -0.15) is 0 Å². The van der Waals surface area contributed by atoms with Gasteiger partial charge in [-0.1, -0.05) is 0 Å². The van der Waals surface area contributed by atoms with Crippen LogP contribution in [-0.2, 0) is 15.6 Å². The van der Waals surface area contributed by atoms with E-state index in [4.69, 9.17) is 0 Å². The fourth-order valence-electron chi connectivity index (χ4n) is 15.8. The first-order chi connectivity index (χ1) is 38.2. The molecule has 4 aliphatic rings. The Labute approximate surface area is 471 Å². The molecule has 0 bridgehead atoms. The third kappa shape index (κ3) is 8.44. The van der Waals surface area contributed by atoms with Gasteiger partial charge in [0.2, 0.25) is 0 Å². The van der Waals surface area contributed by atoms with Gasteiger partial charge in [0.1, 0.15) is 0 Å². The molecule has 4 aliphatic carbocycles. The molecule has 10 aromatic carbocycles. The predicted molar refractivity (Wildman–Crippen MR) is 339 cm³/mol. The Hall–Kier alpha value is -5.60. The average Bonchev–Trinajstić information content (AvgIpc) is 4.13. The van der Waals surface area contributed by atoms with Crippen LogP contribution in [0.1, 0.15) is 107 Å². The van der Waals surface area contributed by atoms with Crippen LogP contribution in [0.5, 0.6) is 0 Å². The molecule has 0 nitrogen and oxygen atoms in total. The molecule has 2 saturated carbocycles. The Kier molecular flexibility index (Phi) is 13.3. The molecule has 0 spiro atoms. The van der Waals surface area contributed by atoms with E-state index < -0.39 is 21.5 Å². The number of hydrogen-bond donors (Lipinski definition) is 0. The zero-order chi connectivity index (χ0) is 52.6. The number of benzene rings is 10. The van der Waals surface area contributed by atoms with E-state index in [1.807, 2.05) is 0 Å². The minimum atomic E-state index is -5.68. The first-order valence-electron chi connectivity index (χ1n) is 29.5. The van der Waals surface area contributed by atoms with Crippen LogP contribution in [0.4, 0.5) is 0 Å². The van der Waals surface area contributed by atoms with Crippen LogP contribution in [0.2, 0.25) is 13.1 Å². The molecule has 0 radical (unpaired) electrons. The number of halogens is 2. The molecule has 2 fully saturated rings. The normalized spacial score (nSPS) is 18.6. The van der Waals surface area contributed by atoms with E-state index in [0.717, 1.165) is 12.8 Å². The van der Waals surface area contributed by atoms with Crippen LogP contribution in [0.3, 0.4) is 0 Å². The van der Waals surface area contributed by atoms with Crippen molar-refractivity contribution in [2.75, 3.05) is 0 Å². The molecular weight excluding hydrogens is 1080 g/mol. The molecule has 387 valence electrons. The Balaban J connectivity index is 1.11. The van der Waals surface area contributed by atoms with Gasteiger partial charge >= 0.3 is 475 Å². The van der Waals surface area contributed by atoms with Crippen molar-refractivity contribution in [2.24, 2.45) is 11.8 Å². The van der Waals surface area contributed by atoms with Gasteiger partial charge in [0, 0.05) is 0 Å². The molecule has 0 N–H and O–H groups in total. The molecule has 0 aromatic heterocycles. The monoisotopic (exact) mass is 1150 g/mol. The van der Waals surface area contributed by atoms with Crippen molar-refractivity contribution in [3.05, 3.63) is 228 Å². The topological polar surface area (TPSA) is 0 Å². The van der Waals surface area contributed by atoms with Crippen molar-refractivity contribution in [1.82, 2.24) is 0 Å². The quantitative estimate of drug-likeness (QED) is 0.113. The van der Waals surface area contributed by atoms with Crippen LogP contribution in [0, 0.1) is 11.8 Å². The summed E-state index contributed by atoms with van der Waals surface area (Å²) in [6.07, 6.45) is 20.4. The molecule has 10 aromatic rings. The van der Waals surface area contributed by atoms with Gasteiger partial charge < -0.3 is 0 Å². The van der Waals surface area contributed by atoms with Gasteiger partial charge in [-0.3, -0.25) is 0 Å². The van der Waals surface area contributed by atoms with E-state index in [2.05, 4.69) is 219 Å². The SMILES string of the molecule is C[SiH](C)[Zr]([Cl])([Cl])([CH]1C(CC2CCCCC2)=Cc2c(-c3cccc4ccccc34)ccc(-c3cccc4ccccc34)c21)[CH]1C(CC2CCCCC2)=Cc2c(-c3cccc4ccccc34)ccc(-c3cccc4ccccc34)c21. The first-order valence-corrected chi connectivity index (χ1v) is 45.8. The zero-order valence-corrected chi connectivity index (χ0v) is 50.4. The van der Waals surface area contributed by atoms with Crippen molar-refractivity contribution in [2.45, 2.75) is 97.4 Å². The van der Waals surface area contributed by atoms with Crippen LogP contribution in [-0.4, -0.2) is 5.92 Å². The molecule has 2 atom stereocenters. The van der Waals surface area contributed by atoms with E-state index in [9.17, 15) is 17.0 Å². The first kappa shape index (κ1) is 50.6. The van der Waals surface area contributed by atoms with Gasteiger partial charge in [0.05, 0.1) is 0 Å². The number of rotatable bonds is 11. The van der Waals surface area contributed by atoms with Gasteiger partial charge in [0.15, 0.2) is 0 Å². The molecule has 4 heteroatoms. The summed E-state index contributed by atoms with van der Waals surface area (Å²) >= 11 is -5.68. The Morgan fingerprint density at radius 2 is 0.641 bits per heavy atom. The number of allylic oxidation sites excluding steroid dienone is 2. The molecule has 14 rings (SSSR count). The van der Waals surface area contributed by atoms with Gasteiger partial charge in [-0.15, -0.1) is 0 Å². The minimum absolute atomic E-state index is 0.0884.